The smallest absolute Gasteiger partial charge is 0.118 e. The lowest BCUT2D eigenvalue weighted by Gasteiger charge is -2.38. The second-order valence-electron chi connectivity index (χ2n) is 7.34. The molecule has 3 nitrogen and oxygen atoms in total. The fraction of sp³-hybridized carbons (Fsp3) is 0.455. The van der Waals surface area contributed by atoms with Crippen LogP contribution in [0.2, 0.25) is 0 Å². The monoisotopic (exact) mass is 337 g/mol. The Labute approximate surface area is 150 Å². The largest absolute Gasteiger partial charge is 0.497 e. The average Bonchev–Trinajstić information content (AvgIpc) is 2.87. The molecule has 2 aliphatic heterocycles. The van der Waals surface area contributed by atoms with E-state index in [0.717, 1.165) is 18.6 Å². The predicted octanol–water partition coefficient (Wildman–Crippen LogP) is 4.43. The van der Waals surface area contributed by atoms with Crippen LogP contribution >= 0.6 is 0 Å². The van der Waals surface area contributed by atoms with Crippen molar-refractivity contribution in [3.8, 4) is 5.75 Å². The lowest BCUT2D eigenvalue weighted by Crippen LogP contribution is -2.43. The van der Waals surface area contributed by atoms with Crippen molar-refractivity contribution in [2.45, 2.75) is 50.0 Å². The van der Waals surface area contributed by atoms with E-state index in [4.69, 9.17) is 9.47 Å². The maximum atomic E-state index is 6.70. The third-order valence-corrected chi connectivity index (χ3v) is 5.90. The van der Waals surface area contributed by atoms with Gasteiger partial charge in [-0.25, -0.2) is 0 Å². The summed E-state index contributed by atoms with van der Waals surface area (Å²) in [6.07, 6.45) is 5.25. The van der Waals surface area contributed by atoms with Gasteiger partial charge < -0.3 is 14.4 Å². The fourth-order valence-corrected chi connectivity index (χ4v) is 4.42. The molecule has 2 heterocycles. The molecule has 0 aliphatic carbocycles. The van der Waals surface area contributed by atoms with E-state index in [1.165, 1.54) is 24.0 Å². The molecule has 132 valence electrons. The molecule has 2 aliphatic rings. The third-order valence-electron chi connectivity index (χ3n) is 5.90. The van der Waals surface area contributed by atoms with Crippen molar-refractivity contribution in [2.75, 3.05) is 14.2 Å². The Balaban J connectivity index is 1.57. The van der Waals surface area contributed by atoms with Gasteiger partial charge in [-0.15, -0.1) is 0 Å². The predicted molar refractivity (Wildman–Crippen MR) is 100.0 cm³/mol. The minimum absolute atomic E-state index is 0.0140. The van der Waals surface area contributed by atoms with E-state index in [9.17, 15) is 0 Å². The van der Waals surface area contributed by atoms with Gasteiger partial charge in [0.25, 0.3) is 0 Å². The van der Waals surface area contributed by atoms with Gasteiger partial charge in [0, 0.05) is 12.1 Å². The highest BCUT2D eigenvalue weighted by Crippen LogP contribution is 2.38. The molecular formula is C22H27NO2. The normalized spacial score (nSPS) is 27.2. The minimum Gasteiger partial charge on any atom is -0.497 e. The molecule has 2 fully saturated rings. The molecule has 0 N–H and O–H groups in total. The molecule has 2 aromatic rings. The molecular weight excluding hydrogens is 310 g/mol. The van der Waals surface area contributed by atoms with Crippen LogP contribution in [-0.4, -0.2) is 37.2 Å². The number of ether oxygens (including phenoxy) is 2. The maximum absolute atomic E-state index is 6.70. The molecule has 0 aromatic heterocycles. The van der Waals surface area contributed by atoms with E-state index in [1.54, 1.807) is 7.11 Å². The SMILES string of the molecule is COc1ccc(C(OC2C[C@H]3CC[C@@H](C2)N3C)c2ccccc2)cc1. The van der Waals surface area contributed by atoms with Gasteiger partial charge in [-0.05, 0) is 56.0 Å². The summed E-state index contributed by atoms with van der Waals surface area (Å²) in [4.78, 5) is 2.56. The number of hydrogen-bond donors (Lipinski definition) is 0. The topological polar surface area (TPSA) is 21.7 Å². The minimum atomic E-state index is -0.0140. The highest BCUT2D eigenvalue weighted by Gasteiger charge is 2.39. The first-order chi connectivity index (χ1) is 12.2. The molecule has 2 aromatic carbocycles. The van der Waals surface area contributed by atoms with Crippen molar-refractivity contribution in [3.63, 3.8) is 0 Å². The number of methoxy groups -OCH3 is 1. The zero-order chi connectivity index (χ0) is 17.2. The first kappa shape index (κ1) is 16.6. The number of benzene rings is 2. The van der Waals surface area contributed by atoms with Gasteiger partial charge in [-0.1, -0.05) is 42.5 Å². The van der Waals surface area contributed by atoms with Crippen molar-refractivity contribution in [1.29, 1.82) is 0 Å². The van der Waals surface area contributed by atoms with Crippen molar-refractivity contribution in [2.24, 2.45) is 0 Å². The van der Waals surface area contributed by atoms with Crippen LogP contribution in [-0.2, 0) is 4.74 Å². The van der Waals surface area contributed by atoms with Crippen molar-refractivity contribution in [3.05, 3.63) is 65.7 Å². The molecule has 2 unspecified atom stereocenters. The molecule has 0 amide bonds. The van der Waals surface area contributed by atoms with Crippen LogP contribution in [0.1, 0.15) is 42.9 Å². The van der Waals surface area contributed by atoms with E-state index in [1.807, 2.05) is 12.1 Å². The summed E-state index contributed by atoms with van der Waals surface area (Å²) in [6.45, 7) is 0. The second kappa shape index (κ2) is 7.19. The molecule has 25 heavy (non-hydrogen) atoms. The number of rotatable bonds is 5. The first-order valence-corrected chi connectivity index (χ1v) is 9.31. The van der Waals surface area contributed by atoms with Crippen LogP contribution in [0.5, 0.6) is 5.75 Å². The van der Waals surface area contributed by atoms with E-state index in [0.29, 0.717) is 18.2 Å². The highest BCUT2D eigenvalue weighted by molar-refractivity contribution is 5.34. The van der Waals surface area contributed by atoms with Crippen LogP contribution < -0.4 is 4.74 Å². The van der Waals surface area contributed by atoms with Crippen LogP contribution in [0.3, 0.4) is 0 Å². The van der Waals surface area contributed by atoms with Gasteiger partial charge in [0.2, 0.25) is 0 Å². The van der Waals surface area contributed by atoms with E-state index in [-0.39, 0.29) is 6.10 Å². The van der Waals surface area contributed by atoms with Gasteiger partial charge in [0.1, 0.15) is 11.9 Å². The van der Waals surface area contributed by atoms with Gasteiger partial charge in [0.05, 0.1) is 13.2 Å². The van der Waals surface area contributed by atoms with Gasteiger partial charge >= 0.3 is 0 Å². The molecule has 0 saturated carbocycles. The molecule has 4 atom stereocenters. The molecule has 4 rings (SSSR count). The lowest BCUT2D eigenvalue weighted by atomic mass is 9.97. The Kier molecular flexibility index (Phi) is 4.78. The van der Waals surface area contributed by atoms with Crippen molar-refractivity contribution in [1.82, 2.24) is 4.90 Å². The van der Waals surface area contributed by atoms with E-state index >= 15 is 0 Å². The van der Waals surface area contributed by atoms with Crippen LogP contribution in [0, 0.1) is 0 Å². The van der Waals surface area contributed by atoms with Crippen LogP contribution in [0.4, 0.5) is 0 Å². The highest BCUT2D eigenvalue weighted by atomic mass is 16.5. The zero-order valence-electron chi connectivity index (χ0n) is 15.1. The summed E-state index contributed by atoms with van der Waals surface area (Å²) in [5, 5.41) is 0. The number of hydrogen-bond acceptors (Lipinski definition) is 3. The van der Waals surface area contributed by atoms with Crippen molar-refractivity contribution < 1.29 is 9.47 Å². The number of piperidine rings is 1. The van der Waals surface area contributed by atoms with Crippen LogP contribution in [0.25, 0.3) is 0 Å². The van der Waals surface area contributed by atoms with Gasteiger partial charge in [-0.2, -0.15) is 0 Å². The molecule has 0 radical (unpaired) electrons. The third kappa shape index (κ3) is 3.44. The Morgan fingerprint density at radius 1 is 0.880 bits per heavy atom. The summed E-state index contributed by atoms with van der Waals surface area (Å²) < 4.78 is 12.0. The summed E-state index contributed by atoms with van der Waals surface area (Å²) in [7, 11) is 3.98. The van der Waals surface area contributed by atoms with Crippen molar-refractivity contribution >= 4 is 0 Å². The second-order valence-corrected chi connectivity index (χ2v) is 7.34. The molecule has 0 spiro atoms. The Morgan fingerprint density at radius 2 is 1.48 bits per heavy atom. The summed E-state index contributed by atoms with van der Waals surface area (Å²) >= 11 is 0. The average molecular weight is 337 g/mol. The number of fused-ring (bicyclic) bond motifs is 2. The summed E-state index contributed by atoms with van der Waals surface area (Å²) in [5.74, 6) is 0.882. The van der Waals surface area contributed by atoms with Gasteiger partial charge in [0.15, 0.2) is 0 Å². The standard InChI is InChI=1S/C22H27NO2/c1-23-18-10-11-19(23)15-21(14-18)25-22(16-6-4-3-5-7-16)17-8-12-20(24-2)13-9-17/h3-9,12-13,18-19,21-22H,10-11,14-15H2,1-2H3/t18-,19+,21?,22?. The summed E-state index contributed by atoms with van der Waals surface area (Å²) in [6, 6.07) is 20.2. The lowest BCUT2D eigenvalue weighted by molar-refractivity contribution is -0.0426. The number of nitrogens with zero attached hydrogens (tertiary/aromatic N) is 1. The molecule has 3 heteroatoms. The zero-order valence-corrected chi connectivity index (χ0v) is 15.1. The first-order valence-electron chi connectivity index (χ1n) is 9.31. The maximum Gasteiger partial charge on any atom is 0.118 e. The van der Waals surface area contributed by atoms with E-state index < -0.39 is 0 Å². The molecule has 2 bridgehead atoms. The summed E-state index contributed by atoms with van der Waals surface area (Å²) in [5.41, 5.74) is 2.41. The Bertz CT molecular complexity index is 671. The van der Waals surface area contributed by atoms with Gasteiger partial charge in [-0.3, -0.25) is 0 Å². The fourth-order valence-electron chi connectivity index (χ4n) is 4.42. The Hall–Kier alpha value is -1.84. The Morgan fingerprint density at radius 3 is 2.08 bits per heavy atom. The van der Waals surface area contributed by atoms with Crippen LogP contribution in [0.15, 0.2) is 54.6 Å². The van der Waals surface area contributed by atoms with E-state index in [2.05, 4.69) is 54.4 Å². The molecule has 2 saturated heterocycles. The quantitative estimate of drug-likeness (QED) is 0.806.